The van der Waals surface area contributed by atoms with Gasteiger partial charge in [-0.15, -0.1) is 10.2 Å². The third-order valence-corrected chi connectivity index (χ3v) is 4.02. The molecule has 1 aromatic rings. The molecule has 0 unspecified atom stereocenters. The molecule has 0 saturated heterocycles. The van der Waals surface area contributed by atoms with E-state index >= 15 is 0 Å². The summed E-state index contributed by atoms with van der Waals surface area (Å²) in [6, 6.07) is -0.641. The van der Waals surface area contributed by atoms with Gasteiger partial charge >= 0.3 is 12.2 Å². The number of rotatable bonds is 5. The number of alkyl halides is 3. The van der Waals surface area contributed by atoms with Gasteiger partial charge in [0.05, 0.1) is 5.25 Å². The molecule has 7 nitrogen and oxygen atoms in total. The summed E-state index contributed by atoms with van der Waals surface area (Å²) in [6.45, 7) is 0.326. The zero-order valence-corrected chi connectivity index (χ0v) is 12.6. The maximum atomic E-state index is 12.0. The molecule has 3 N–H and O–H groups in total. The van der Waals surface area contributed by atoms with Crippen LogP contribution in [0.15, 0.2) is 4.34 Å². The van der Waals surface area contributed by atoms with Crippen molar-refractivity contribution in [1.82, 2.24) is 20.8 Å². The normalized spacial score (nSPS) is 12.6. The molecule has 1 rings (SSSR count). The van der Waals surface area contributed by atoms with Gasteiger partial charge in [-0.25, -0.2) is 4.79 Å². The minimum Gasteiger partial charge on any atom is -0.351 e. The molecule has 1 heterocycles. The molecule has 0 aliphatic rings. The highest BCUT2D eigenvalue weighted by Crippen LogP contribution is 2.29. The van der Waals surface area contributed by atoms with Gasteiger partial charge in [0.1, 0.15) is 6.54 Å². The first-order chi connectivity index (χ1) is 9.71. The van der Waals surface area contributed by atoms with Gasteiger partial charge in [-0.3, -0.25) is 10.1 Å². The van der Waals surface area contributed by atoms with Crippen molar-refractivity contribution in [1.29, 1.82) is 0 Å². The SMILES string of the molecule is CNC(=O)NC(=O)[C@H](C)Sc1nnc(NCC(F)(F)F)s1. The number of urea groups is 1. The van der Waals surface area contributed by atoms with Crippen molar-refractivity contribution in [3.05, 3.63) is 0 Å². The van der Waals surface area contributed by atoms with Crippen molar-refractivity contribution in [2.75, 3.05) is 18.9 Å². The average Bonchev–Trinajstić information content (AvgIpc) is 2.83. The summed E-state index contributed by atoms with van der Waals surface area (Å²) >= 11 is 1.88. The quantitative estimate of drug-likeness (QED) is 0.701. The number of anilines is 1. The summed E-state index contributed by atoms with van der Waals surface area (Å²) in [6.07, 6.45) is -4.35. The van der Waals surface area contributed by atoms with Crippen LogP contribution >= 0.6 is 23.1 Å². The Labute approximate surface area is 126 Å². The van der Waals surface area contributed by atoms with Gasteiger partial charge in [-0.1, -0.05) is 23.1 Å². The largest absolute Gasteiger partial charge is 0.405 e. The standard InChI is InChI=1S/C9H12F3N5O2S2/c1-4(5(18)15-6(19)13-2)20-8-17-16-7(21-8)14-3-9(10,11)12/h4H,3H2,1-2H3,(H,14,16)(H2,13,15,18,19)/t4-/m0/s1. The first-order valence-corrected chi connectivity index (χ1v) is 7.24. The van der Waals surface area contributed by atoms with Crippen molar-refractivity contribution in [2.45, 2.75) is 22.7 Å². The first kappa shape index (κ1) is 17.5. The third kappa shape index (κ3) is 6.62. The van der Waals surface area contributed by atoms with Crippen LogP contribution in [0.2, 0.25) is 0 Å². The van der Waals surface area contributed by atoms with Gasteiger partial charge in [0, 0.05) is 7.05 Å². The minimum atomic E-state index is -4.35. The van der Waals surface area contributed by atoms with E-state index in [1.807, 2.05) is 0 Å². The van der Waals surface area contributed by atoms with E-state index in [-0.39, 0.29) is 5.13 Å². The summed E-state index contributed by atoms with van der Waals surface area (Å²) in [7, 11) is 1.36. The van der Waals surface area contributed by atoms with Crippen molar-refractivity contribution in [3.8, 4) is 0 Å². The number of imide groups is 1. The molecular weight excluding hydrogens is 331 g/mol. The Kier molecular flexibility index (Phi) is 6.20. The summed E-state index contributed by atoms with van der Waals surface area (Å²) in [5, 5.41) is 13.0. The number of nitrogens with zero attached hydrogens (tertiary/aromatic N) is 2. The van der Waals surface area contributed by atoms with Crippen LogP contribution in [0.1, 0.15) is 6.92 Å². The molecule has 0 spiro atoms. The minimum absolute atomic E-state index is 0.00809. The molecule has 1 aromatic heterocycles. The Hall–Kier alpha value is -1.56. The number of halogens is 3. The molecule has 0 fully saturated rings. The highest BCUT2D eigenvalue weighted by atomic mass is 32.2. The van der Waals surface area contributed by atoms with E-state index < -0.39 is 29.9 Å². The maximum Gasteiger partial charge on any atom is 0.405 e. The molecule has 1 atom stereocenters. The van der Waals surface area contributed by atoms with Crippen LogP contribution in [0.3, 0.4) is 0 Å². The van der Waals surface area contributed by atoms with Gasteiger partial charge in [0.2, 0.25) is 11.0 Å². The molecule has 3 amide bonds. The molecule has 12 heteroatoms. The Morgan fingerprint density at radius 2 is 2.05 bits per heavy atom. The van der Waals surface area contributed by atoms with Crippen LogP contribution < -0.4 is 16.0 Å². The van der Waals surface area contributed by atoms with Crippen LogP contribution in [0.25, 0.3) is 0 Å². The smallest absolute Gasteiger partial charge is 0.351 e. The highest BCUT2D eigenvalue weighted by molar-refractivity contribution is 8.02. The average molecular weight is 343 g/mol. The number of amides is 3. The molecule has 21 heavy (non-hydrogen) atoms. The molecule has 0 radical (unpaired) electrons. The number of aromatic nitrogens is 2. The van der Waals surface area contributed by atoms with Crippen LogP contribution in [-0.2, 0) is 4.79 Å². The monoisotopic (exact) mass is 343 g/mol. The summed E-state index contributed by atoms with van der Waals surface area (Å²) in [5.74, 6) is -0.542. The fourth-order valence-corrected chi connectivity index (χ4v) is 2.88. The van der Waals surface area contributed by atoms with Gasteiger partial charge in [-0.05, 0) is 6.92 Å². The lowest BCUT2D eigenvalue weighted by molar-refractivity contribution is -0.119. The van der Waals surface area contributed by atoms with Gasteiger partial charge in [-0.2, -0.15) is 13.2 Å². The number of carbonyl (C=O) groups excluding carboxylic acids is 2. The van der Waals surface area contributed by atoms with Gasteiger partial charge in [0.15, 0.2) is 4.34 Å². The van der Waals surface area contributed by atoms with Crippen molar-refractivity contribution < 1.29 is 22.8 Å². The summed E-state index contributed by atoms with van der Waals surface area (Å²) in [4.78, 5) is 22.5. The van der Waals surface area contributed by atoms with E-state index in [9.17, 15) is 22.8 Å². The fraction of sp³-hybridized carbons (Fsp3) is 0.556. The lowest BCUT2D eigenvalue weighted by Gasteiger charge is -2.08. The maximum absolute atomic E-state index is 12.0. The van der Waals surface area contributed by atoms with Gasteiger partial charge < -0.3 is 10.6 Å². The number of thioether (sulfide) groups is 1. The fourth-order valence-electron chi connectivity index (χ4n) is 0.985. The summed E-state index contributed by atoms with van der Waals surface area (Å²) < 4.78 is 36.4. The second-order valence-electron chi connectivity index (χ2n) is 3.67. The zero-order valence-electron chi connectivity index (χ0n) is 10.9. The van der Waals surface area contributed by atoms with Crippen LogP contribution in [0.5, 0.6) is 0 Å². The number of hydrogen-bond donors (Lipinski definition) is 3. The molecule has 0 aliphatic carbocycles. The van der Waals surface area contributed by atoms with E-state index in [1.165, 1.54) is 14.0 Å². The molecule has 118 valence electrons. The molecular formula is C9H12F3N5O2S2. The van der Waals surface area contributed by atoms with Crippen LogP contribution in [-0.4, -0.2) is 47.2 Å². The number of hydrogen-bond acceptors (Lipinski definition) is 7. The van der Waals surface area contributed by atoms with Crippen LogP contribution in [0, 0.1) is 0 Å². The number of nitrogens with one attached hydrogen (secondary N) is 3. The lowest BCUT2D eigenvalue weighted by atomic mass is 10.4. The van der Waals surface area contributed by atoms with E-state index in [0.29, 0.717) is 4.34 Å². The highest BCUT2D eigenvalue weighted by Gasteiger charge is 2.27. The van der Waals surface area contributed by atoms with Crippen molar-refractivity contribution in [2.24, 2.45) is 0 Å². The first-order valence-electron chi connectivity index (χ1n) is 5.54. The van der Waals surface area contributed by atoms with Crippen molar-refractivity contribution in [3.63, 3.8) is 0 Å². The second kappa shape index (κ2) is 7.45. The van der Waals surface area contributed by atoms with E-state index in [4.69, 9.17) is 0 Å². The second-order valence-corrected chi connectivity index (χ2v) is 6.24. The third-order valence-electron chi connectivity index (χ3n) is 1.96. The summed E-state index contributed by atoms with van der Waals surface area (Å²) in [5.41, 5.74) is 0. The predicted molar refractivity (Wildman–Crippen MR) is 72.4 cm³/mol. The molecule has 0 saturated carbocycles. The molecule has 0 bridgehead atoms. The lowest BCUT2D eigenvalue weighted by Crippen LogP contribution is -2.41. The van der Waals surface area contributed by atoms with E-state index in [0.717, 1.165) is 23.1 Å². The topological polar surface area (TPSA) is 96.0 Å². The Morgan fingerprint density at radius 1 is 1.38 bits per heavy atom. The molecule has 0 aromatic carbocycles. The molecule has 0 aliphatic heterocycles. The Morgan fingerprint density at radius 3 is 2.62 bits per heavy atom. The zero-order chi connectivity index (χ0) is 16.0. The van der Waals surface area contributed by atoms with Gasteiger partial charge in [0.25, 0.3) is 0 Å². The predicted octanol–water partition coefficient (Wildman–Crippen LogP) is 1.45. The Balaban J connectivity index is 2.50. The van der Waals surface area contributed by atoms with Crippen LogP contribution in [0.4, 0.5) is 23.1 Å². The van der Waals surface area contributed by atoms with E-state index in [1.54, 1.807) is 0 Å². The van der Waals surface area contributed by atoms with Crippen molar-refractivity contribution >= 4 is 40.2 Å². The van der Waals surface area contributed by atoms with E-state index in [2.05, 4.69) is 26.1 Å². The Bertz CT molecular complexity index is 508. The number of carbonyl (C=O) groups is 2.